The number of thiophene rings is 1. The van der Waals surface area contributed by atoms with Crippen LogP contribution in [0.1, 0.15) is 28.3 Å². The Hall–Kier alpha value is -1.44. The molecule has 1 aromatic heterocycles. The molecule has 114 valence electrons. The Morgan fingerprint density at radius 1 is 1.29 bits per heavy atom. The minimum absolute atomic E-state index is 0.0287. The maximum Gasteiger partial charge on any atom is 0.241 e. The van der Waals surface area contributed by atoms with E-state index in [1.807, 2.05) is 19.1 Å². The number of nitrogens with two attached hydrogens (primary N) is 1. The van der Waals surface area contributed by atoms with Crippen LogP contribution in [0.5, 0.6) is 0 Å². The Morgan fingerprint density at radius 3 is 2.48 bits per heavy atom. The van der Waals surface area contributed by atoms with E-state index in [2.05, 4.69) is 4.72 Å². The summed E-state index contributed by atoms with van der Waals surface area (Å²) in [6.45, 7) is 5.21. The van der Waals surface area contributed by atoms with Crippen LogP contribution in [0.4, 0.5) is 10.1 Å². The Labute approximate surface area is 127 Å². The number of sulfonamides is 1. The lowest BCUT2D eigenvalue weighted by molar-refractivity contribution is 0.567. The highest BCUT2D eigenvalue weighted by molar-refractivity contribution is 7.89. The van der Waals surface area contributed by atoms with E-state index in [9.17, 15) is 12.8 Å². The second-order valence-electron chi connectivity index (χ2n) is 4.93. The average Bonchev–Trinajstić information content (AvgIpc) is 2.81. The van der Waals surface area contributed by atoms with Crippen LogP contribution in [0, 0.1) is 19.7 Å². The molecule has 2 rings (SSSR count). The molecule has 0 amide bonds. The molecular weight excluding hydrogens is 311 g/mol. The molecule has 0 bridgehead atoms. The summed E-state index contributed by atoms with van der Waals surface area (Å²) in [5, 5.41) is 0. The third-order valence-electron chi connectivity index (χ3n) is 3.09. The molecule has 0 radical (unpaired) electrons. The van der Waals surface area contributed by atoms with E-state index in [1.165, 1.54) is 24.3 Å². The summed E-state index contributed by atoms with van der Waals surface area (Å²) in [6.07, 6.45) is 0. The highest BCUT2D eigenvalue weighted by atomic mass is 32.2. The number of nitrogens with one attached hydrogen (secondary N) is 1. The van der Waals surface area contributed by atoms with Gasteiger partial charge in [-0.25, -0.2) is 17.5 Å². The zero-order chi connectivity index (χ0) is 15.8. The van der Waals surface area contributed by atoms with Crippen molar-refractivity contribution in [3.63, 3.8) is 0 Å². The maximum absolute atomic E-state index is 13.5. The summed E-state index contributed by atoms with van der Waals surface area (Å²) in [6, 6.07) is 5.88. The summed E-state index contributed by atoms with van der Waals surface area (Å²) in [4.78, 5) is 2.00. The van der Waals surface area contributed by atoms with Crippen LogP contribution in [0.25, 0.3) is 0 Å². The van der Waals surface area contributed by atoms with Gasteiger partial charge in [0.1, 0.15) is 5.82 Å². The summed E-state index contributed by atoms with van der Waals surface area (Å²) in [7, 11) is -3.75. The molecule has 3 N–H and O–H groups in total. The van der Waals surface area contributed by atoms with Crippen molar-refractivity contribution in [1.29, 1.82) is 0 Å². The minimum Gasteiger partial charge on any atom is -0.396 e. The molecule has 1 heterocycles. The van der Waals surface area contributed by atoms with Gasteiger partial charge in [0.15, 0.2) is 0 Å². The molecule has 1 unspecified atom stereocenters. The highest BCUT2D eigenvalue weighted by Crippen LogP contribution is 2.26. The molecule has 0 aliphatic carbocycles. The summed E-state index contributed by atoms with van der Waals surface area (Å²) < 4.78 is 40.8. The Balaban J connectivity index is 2.30. The van der Waals surface area contributed by atoms with Gasteiger partial charge in [-0.3, -0.25) is 0 Å². The van der Waals surface area contributed by atoms with Crippen molar-refractivity contribution in [2.24, 2.45) is 0 Å². The summed E-state index contributed by atoms with van der Waals surface area (Å²) >= 11 is 1.53. The first-order valence-electron chi connectivity index (χ1n) is 6.35. The molecule has 2 aromatic rings. The number of halogens is 1. The second kappa shape index (κ2) is 5.75. The van der Waals surface area contributed by atoms with Crippen LogP contribution in [0.2, 0.25) is 0 Å². The van der Waals surface area contributed by atoms with Gasteiger partial charge in [0, 0.05) is 9.75 Å². The van der Waals surface area contributed by atoms with Crippen molar-refractivity contribution in [3.05, 3.63) is 45.4 Å². The fraction of sp³-hybridized carbons (Fsp3) is 0.286. The molecule has 0 fully saturated rings. The van der Waals surface area contributed by atoms with Crippen LogP contribution >= 0.6 is 11.3 Å². The standard InChI is InChI=1S/C14H17FN2O2S2/c1-8-6-11(7-12(16)14(8)15)21(18,19)17-10(3)13-5-4-9(2)20-13/h4-7,10,17H,16H2,1-3H3. The topological polar surface area (TPSA) is 72.2 Å². The number of nitrogen functional groups attached to an aromatic ring is 1. The van der Waals surface area contributed by atoms with Gasteiger partial charge < -0.3 is 5.73 Å². The molecule has 1 atom stereocenters. The van der Waals surface area contributed by atoms with Crippen molar-refractivity contribution >= 4 is 27.0 Å². The Morgan fingerprint density at radius 2 is 1.95 bits per heavy atom. The van der Waals surface area contributed by atoms with Crippen molar-refractivity contribution in [1.82, 2.24) is 4.72 Å². The van der Waals surface area contributed by atoms with Gasteiger partial charge in [0.05, 0.1) is 16.6 Å². The van der Waals surface area contributed by atoms with Crippen molar-refractivity contribution < 1.29 is 12.8 Å². The van der Waals surface area contributed by atoms with Crippen LogP contribution in [-0.4, -0.2) is 8.42 Å². The predicted molar refractivity (Wildman–Crippen MR) is 83.3 cm³/mol. The van der Waals surface area contributed by atoms with Crippen LogP contribution in [0.3, 0.4) is 0 Å². The first-order chi connectivity index (χ1) is 9.70. The largest absolute Gasteiger partial charge is 0.396 e. The lowest BCUT2D eigenvalue weighted by atomic mass is 10.2. The molecular formula is C14H17FN2O2S2. The Bertz CT molecular complexity index is 746. The lowest BCUT2D eigenvalue weighted by Crippen LogP contribution is -2.26. The number of aryl methyl sites for hydroxylation is 2. The molecule has 21 heavy (non-hydrogen) atoms. The van der Waals surface area contributed by atoms with Crippen LogP contribution in [-0.2, 0) is 10.0 Å². The quantitative estimate of drug-likeness (QED) is 0.847. The van der Waals surface area contributed by atoms with Crippen LogP contribution in [0.15, 0.2) is 29.2 Å². The average molecular weight is 328 g/mol. The third kappa shape index (κ3) is 3.42. The summed E-state index contributed by atoms with van der Waals surface area (Å²) in [5.74, 6) is -0.587. The van der Waals surface area contributed by atoms with Crippen molar-refractivity contribution in [3.8, 4) is 0 Å². The third-order valence-corrected chi connectivity index (χ3v) is 5.79. The molecule has 0 saturated heterocycles. The van der Waals surface area contributed by atoms with E-state index in [-0.39, 0.29) is 22.2 Å². The van der Waals surface area contributed by atoms with E-state index < -0.39 is 15.8 Å². The number of hydrogen-bond donors (Lipinski definition) is 2. The number of benzene rings is 1. The molecule has 0 aliphatic rings. The van der Waals surface area contributed by atoms with Gasteiger partial charge in [0.25, 0.3) is 0 Å². The zero-order valence-electron chi connectivity index (χ0n) is 12.0. The van der Waals surface area contributed by atoms with Crippen LogP contribution < -0.4 is 10.5 Å². The summed E-state index contributed by atoms with van der Waals surface area (Å²) in [5.41, 5.74) is 5.53. The second-order valence-corrected chi connectivity index (χ2v) is 7.97. The number of anilines is 1. The molecule has 4 nitrogen and oxygen atoms in total. The van der Waals surface area contributed by atoms with Gasteiger partial charge >= 0.3 is 0 Å². The monoisotopic (exact) mass is 328 g/mol. The number of rotatable bonds is 4. The first kappa shape index (κ1) is 15.9. The predicted octanol–water partition coefficient (Wildman–Crippen LogP) is 3.13. The van der Waals surface area contributed by atoms with Gasteiger partial charge in [-0.05, 0) is 50.6 Å². The van der Waals surface area contributed by atoms with E-state index in [0.717, 1.165) is 15.8 Å². The van der Waals surface area contributed by atoms with E-state index in [0.29, 0.717) is 0 Å². The maximum atomic E-state index is 13.5. The normalized spacial score (nSPS) is 13.3. The first-order valence-corrected chi connectivity index (χ1v) is 8.65. The zero-order valence-corrected chi connectivity index (χ0v) is 13.6. The smallest absolute Gasteiger partial charge is 0.241 e. The van der Waals surface area contributed by atoms with E-state index in [1.54, 1.807) is 6.92 Å². The molecule has 7 heteroatoms. The number of hydrogen-bond acceptors (Lipinski definition) is 4. The Kier molecular flexibility index (Phi) is 4.36. The van der Waals surface area contributed by atoms with E-state index >= 15 is 0 Å². The van der Waals surface area contributed by atoms with E-state index in [4.69, 9.17) is 5.73 Å². The van der Waals surface area contributed by atoms with Gasteiger partial charge in [-0.2, -0.15) is 0 Å². The molecule has 0 aliphatic heterocycles. The minimum atomic E-state index is -3.75. The van der Waals surface area contributed by atoms with Gasteiger partial charge in [-0.1, -0.05) is 0 Å². The van der Waals surface area contributed by atoms with Gasteiger partial charge in [0.2, 0.25) is 10.0 Å². The van der Waals surface area contributed by atoms with Gasteiger partial charge in [-0.15, -0.1) is 11.3 Å². The molecule has 0 spiro atoms. The lowest BCUT2D eigenvalue weighted by Gasteiger charge is -2.14. The fourth-order valence-corrected chi connectivity index (χ4v) is 4.26. The molecule has 0 saturated carbocycles. The molecule has 1 aromatic carbocycles. The van der Waals surface area contributed by atoms with Crippen molar-refractivity contribution in [2.75, 3.05) is 5.73 Å². The fourth-order valence-electron chi connectivity index (χ4n) is 1.96. The van der Waals surface area contributed by atoms with Crippen molar-refractivity contribution in [2.45, 2.75) is 31.7 Å². The highest BCUT2D eigenvalue weighted by Gasteiger charge is 2.21. The SMILES string of the molecule is Cc1ccc(C(C)NS(=O)(=O)c2cc(C)c(F)c(N)c2)s1.